The van der Waals surface area contributed by atoms with Crippen LogP contribution < -0.4 is 19.7 Å². The van der Waals surface area contributed by atoms with Crippen molar-refractivity contribution in [3.63, 3.8) is 0 Å². The standard InChI is InChI=1S/C21H26N4O4/c1-16(26)24-8-10-25(11-9-24)18-13-17(14-22-15-18)21(27)23-7-12-29-20-5-3-19(28-2)4-6-20/h3-6,13-15H,7-12H2,1-2H3,(H,23,27). The number of pyridine rings is 1. The maximum Gasteiger partial charge on any atom is 0.253 e. The normalized spacial score (nSPS) is 13.7. The van der Waals surface area contributed by atoms with E-state index in [9.17, 15) is 9.59 Å². The summed E-state index contributed by atoms with van der Waals surface area (Å²) >= 11 is 0. The lowest BCUT2D eigenvalue weighted by atomic mass is 10.2. The molecule has 1 aromatic carbocycles. The highest BCUT2D eigenvalue weighted by Crippen LogP contribution is 2.18. The van der Waals surface area contributed by atoms with E-state index in [1.807, 2.05) is 35.2 Å². The van der Waals surface area contributed by atoms with Crippen molar-refractivity contribution in [3.05, 3.63) is 48.3 Å². The number of piperazine rings is 1. The number of carbonyl (C=O) groups is 2. The Morgan fingerprint density at radius 1 is 1.07 bits per heavy atom. The number of rotatable bonds is 7. The molecule has 0 aliphatic carbocycles. The van der Waals surface area contributed by atoms with Gasteiger partial charge in [0.1, 0.15) is 18.1 Å². The number of nitrogens with zero attached hydrogens (tertiary/aromatic N) is 3. The van der Waals surface area contributed by atoms with Gasteiger partial charge in [0.25, 0.3) is 5.91 Å². The van der Waals surface area contributed by atoms with Gasteiger partial charge in [-0.2, -0.15) is 0 Å². The van der Waals surface area contributed by atoms with Crippen LogP contribution in [0.25, 0.3) is 0 Å². The van der Waals surface area contributed by atoms with Crippen LogP contribution in [0.1, 0.15) is 17.3 Å². The number of carbonyl (C=O) groups excluding carboxylic acids is 2. The molecule has 0 unspecified atom stereocenters. The molecule has 1 aliphatic heterocycles. The van der Waals surface area contributed by atoms with Crippen LogP contribution >= 0.6 is 0 Å². The zero-order valence-electron chi connectivity index (χ0n) is 16.8. The second kappa shape index (κ2) is 9.77. The summed E-state index contributed by atoms with van der Waals surface area (Å²) in [6.07, 6.45) is 3.29. The third-order valence-electron chi connectivity index (χ3n) is 4.79. The minimum atomic E-state index is -0.194. The van der Waals surface area contributed by atoms with Gasteiger partial charge in [0.2, 0.25) is 5.91 Å². The highest BCUT2D eigenvalue weighted by molar-refractivity contribution is 5.94. The fraction of sp³-hybridized carbons (Fsp3) is 0.381. The van der Waals surface area contributed by atoms with Crippen molar-refractivity contribution in [1.82, 2.24) is 15.2 Å². The number of anilines is 1. The van der Waals surface area contributed by atoms with E-state index in [4.69, 9.17) is 9.47 Å². The van der Waals surface area contributed by atoms with Crippen molar-refractivity contribution < 1.29 is 19.1 Å². The summed E-state index contributed by atoms with van der Waals surface area (Å²) in [5.74, 6) is 1.38. The molecule has 3 rings (SSSR count). The summed E-state index contributed by atoms with van der Waals surface area (Å²) < 4.78 is 10.7. The van der Waals surface area contributed by atoms with Crippen LogP contribution in [0.4, 0.5) is 5.69 Å². The number of ether oxygens (including phenoxy) is 2. The predicted molar refractivity (Wildman–Crippen MR) is 110 cm³/mol. The quantitative estimate of drug-likeness (QED) is 0.713. The van der Waals surface area contributed by atoms with E-state index < -0.39 is 0 Å². The fourth-order valence-electron chi connectivity index (χ4n) is 3.11. The van der Waals surface area contributed by atoms with Crippen molar-refractivity contribution >= 4 is 17.5 Å². The zero-order valence-corrected chi connectivity index (χ0v) is 16.8. The van der Waals surface area contributed by atoms with Gasteiger partial charge < -0.3 is 24.6 Å². The van der Waals surface area contributed by atoms with E-state index in [1.54, 1.807) is 26.4 Å². The molecular weight excluding hydrogens is 372 g/mol. The summed E-state index contributed by atoms with van der Waals surface area (Å²) in [6.45, 7) is 5.12. The van der Waals surface area contributed by atoms with Crippen LogP contribution in [0.2, 0.25) is 0 Å². The van der Waals surface area contributed by atoms with Gasteiger partial charge >= 0.3 is 0 Å². The molecule has 8 heteroatoms. The molecule has 1 aliphatic rings. The Bertz CT molecular complexity index is 833. The van der Waals surface area contributed by atoms with Crippen molar-refractivity contribution in [2.45, 2.75) is 6.92 Å². The molecular formula is C21H26N4O4. The topological polar surface area (TPSA) is 84.0 Å². The second-order valence-corrected chi connectivity index (χ2v) is 6.70. The Balaban J connectivity index is 1.47. The van der Waals surface area contributed by atoms with E-state index in [0.717, 1.165) is 24.5 Å². The molecule has 29 heavy (non-hydrogen) atoms. The Labute approximate surface area is 170 Å². The first kappa shape index (κ1) is 20.4. The molecule has 0 radical (unpaired) electrons. The number of benzene rings is 1. The van der Waals surface area contributed by atoms with Gasteiger partial charge in [-0.1, -0.05) is 0 Å². The van der Waals surface area contributed by atoms with Gasteiger partial charge in [0, 0.05) is 39.3 Å². The monoisotopic (exact) mass is 398 g/mol. The molecule has 0 bridgehead atoms. The fourth-order valence-corrected chi connectivity index (χ4v) is 3.11. The number of methoxy groups -OCH3 is 1. The molecule has 0 spiro atoms. The second-order valence-electron chi connectivity index (χ2n) is 6.70. The molecule has 1 fully saturated rings. The Morgan fingerprint density at radius 2 is 1.76 bits per heavy atom. The third kappa shape index (κ3) is 5.60. The SMILES string of the molecule is COc1ccc(OCCNC(=O)c2cncc(N3CCN(C(C)=O)CC3)c2)cc1. The van der Waals surface area contributed by atoms with E-state index >= 15 is 0 Å². The van der Waals surface area contributed by atoms with Gasteiger partial charge in [0.15, 0.2) is 0 Å². The molecule has 1 aromatic heterocycles. The van der Waals surface area contributed by atoms with Crippen LogP contribution in [0.5, 0.6) is 11.5 Å². The first-order chi connectivity index (χ1) is 14.1. The summed E-state index contributed by atoms with van der Waals surface area (Å²) in [5, 5.41) is 2.84. The number of hydrogen-bond donors (Lipinski definition) is 1. The lowest BCUT2D eigenvalue weighted by Crippen LogP contribution is -2.48. The van der Waals surface area contributed by atoms with Crippen molar-refractivity contribution in [2.75, 3.05) is 51.3 Å². The summed E-state index contributed by atoms with van der Waals surface area (Å²) in [7, 11) is 1.61. The van der Waals surface area contributed by atoms with E-state index in [2.05, 4.69) is 15.2 Å². The molecule has 154 valence electrons. The van der Waals surface area contributed by atoms with Crippen LogP contribution in [0, 0.1) is 0 Å². The van der Waals surface area contributed by atoms with E-state index in [1.165, 1.54) is 0 Å². The molecule has 8 nitrogen and oxygen atoms in total. The summed E-state index contributed by atoms with van der Waals surface area (Å²) in [5.41, 5.74) is 1.39. The third-order valence-corrected chi connectivity index (χ3v) is 4.79. The number of aromatic nitrogens is 1. The highest BCUT2D eigenvalue weighted by Gasteiger charge is 2.19. The van der Waals surface area contributed by atoms with Crippen molar-refractivity contribution in [2.24, 2.45) is 0 Å². The van der Waals surface area contributed by atoms with Crippen molar-refractivity contribution in [1.29, 1.82) is 0 Å². The van der Waals surface area contributed by atoms with Gasteiger partial charge in [-0.15, -0.1) is 0 Å². The van der Waals surface area contributed by atoms with E-state index in [-0.39, 0.29) is 11.8 Å². The number of nitrogens with one attached hydrogen (secondary N) is 1. The van der Waals surface area contributed by atoms with Crippen molar-refractivity contribution in [3.8, 4) is 11.5 Å². The van der Waals surface area contributed by atoms with Crippen LogP contribution in [-0.4, -0.2) is 68.1 Å². The van der Waals surface area contributed by atoms with Gasteiger partial charge in [-0.05, 0) is 30.3 Å². The minimum Gasteiger partial charge on any atom is -0.497 e. The lowest BCUT2D eigenvalue weighted by molar-refractivity contribution is -0.129. The molecule has 2 heterocycles. The Kier molecular flexibility index (Phi) is 6.89. The zero-order chi connectivity index (χ0) is 20.6. The average molecular weight is 398 g/mol. The molecule has 2 aromatic rings. The molecule has 1 N–H and O–H groups in total. The molecule has 1 saturated heterocycles. The summed E-state index contributed by atoms with van der Waals surface area (Å²) in [6, 6.07) is 9.11. The van der Waals surface area contributed by atoms with Gasteiger partial charge in [0.05, 0.1) is 31.1 Å². The largest absolute Gasteiger partial charge is 0.497 e. The molecule has 2 amide bonds. The Hall–Kier alpha value is -3.29. The smallest absolute Gasteiger partial charge is 0.253 e. The van der Waals surface area contributed by atoms with E-state index in [0.29, 0.717) is 37.6 Å². The van der Waals surface area contributed by atoms with Crippen LogP contribution in [0.3, 0.4) is 0 Å². The minimum absolute atomic E-state index is 0.0905. The average Bonchev–Trinajstić information content (AvgIpc) is 2.77. The maximum absolute atomic E-state index is 12.4. The lowest BCUT2D eigenvalue weighted by Gasteiger charge is -2.35. The number of amides is 2. The number of hydrogen-bond acceptors (Lipinski definition) is 6. The first-order valence-corrected chi connectivity index (χ1v) is 9.57. The van der Waals surface area contributed by atoms with Crippen LogP contribution in [0.15, 0.2) is 42.7 Å². The van der Waals surface area contributed by atoms with Gasteiger partial charge in [-0.25, -0.2) is 0 Å². The molecule has 0 atom stereocenters. The first-order valence-electron chi connectivity index (χ1n) is 9.57. The Morgan fingerprint density at radius 3 is 2.41 bits per heavy atom. The molecule has 0 saturated carbocycles. The highest BCUT2D eigenvalue weighted by atomic mass is 16.5. The maximum atomic E-state index is 12.4. The van der Waals surface area contributed by atoms with Crippen LogP contribution in [-0.2, 0) is 4.79 Å². The van der Waals surface area contributed by atoms with Gasteiger partial charge in [-0.3, -0.25) is 14.6 Å². The predicted octanol–water partition coefficient (Wildman–Crippen LogP) is 1.57. The summed E-state index contributed by atoms with van der Waals surface area (Å²) in [4.78, 5) is 32.0.